The van der Waals surface area contributed by atoms with Gasteiger partial charge in [-0.2, -0.15) is 0 Å². The third kappa shape index (κ3) is 4.09. The molecule has 1 fully saturated rings. The maximum atomic E-state index is 9.42. The first kappa shape index (κ1) is 13.5. The minimum absolute atomic E-state index is 0.0739. The lowest BCUT2D eigenvalue weighted by Crippen LogP contribution is -2.29. The summed E-state index contributed by atoms with van der Waals surface area (Å²) >= 11 is 0. The number of rotatable bonds is 7. The fraction of sp³-hybridized carbons (Fsp3) is 0.600. The van der Waals surface area contributed by atoms with Crippen molar-refractivity contribution in [2.45, 2.75) is 25.3 Å². The van der Waals surface area contributed by atoms with Crippen molar-refractivity contribution >= 4 is 0 Å². The van der Waals surface area contributed by atoms with Crippen molar-refractivity contribution in [3.05, 3.63) is 35.9 Å². The molecule has 1 aliphatic rings. The Labute approximate surface area is 110 Å². The van der Waals surface area contributed by atoms with Crippen LogP contribution < -0.4 is 5.32 Å². The molecule has 100 valence electrons. The highest BCUT2D eigenvalue weighted by Gasteiger charge is 2.11. The molecule has 2 rings (SSSR count). The number of nitrogens with one attached hydrogen (secondary N) is 1. The lowest BCUT2D eigenvalue weighted by Gasteiger charge is -2.18. The summed E-state index contributed by atoms with van der Waals surface area (Å²) in [7, 11) is 0. The van der Waals surface area contributed by atoms with E-state index in [-0.39, 0.29) is 12.6 Å². The van der Waals surface area contributed by atoms with Gasteiger partial charge in [0.2, 0.25) is 0 Å². The second-order valence-electron chi connectivity index (χ2n) is 5.00. The molecule has 0 aromatic heterocycles. The molecule has 0 bridgehead atoms. The van der Waals surface area contributed by atoms with Crippen LogP contribution in [0.2, 0.25) is 0 Å². The molecule has 1 atom stereocenters. The van der Waals surface area contributed by atoms with E-state index < -0.39 is 0 Å². The van der Waals surface area contributed by atoms with Crippen LogP contribution in [0.25, 0.3) is 0 Å². The first-order chi connectivity index (χ1) is 8.90. The largest absolute Gasteiger partial charge is 0.394 e. The number of hydrogen-bond acceptors (Lipinski definition) is 3. The Morgan fingerprint density at radius 2 is 1.89 bits per heavy atom. The molecule has 0 aliphatic carbocycles. The molecule has 1 saturated heterocycles. The fourth-order valence-corrected chi connectivity index (χ4v) is 2.56. The summed E-state index contributed by atoms with van der Waals surface area (Å²) in [6.45, 7) is 4.84. The van der Waals surface area contributed by atoms with Crippen LogP contribution in [0, 0.1) is 0 Å². The van der Waals surface area contributed by atoms with E-state index in [0.717, 1.165) is 13.0 Å². The van der Waals surface area contributed by atoms with Gasteiger partial charge in [0.05, 0.1) is 12.6 Å². The minimum Gasteiger partial charge on any atom is -0.394 e. The first-order valence-electron chi connectivity index (χ1n) is 7.01. The minimum atomic E-state index is 0.0739. The average molecular weight is 248 g/mol. The predicted octanol–water partition coefficient (Wildman–Crippen LogP) is 1.80. The van der Waals surface area contributed by atoms with E-state index in [2.05, 4.69) is 22.3 Å². The van der Waals surface area contributed by atoms with Crippen LogP contribution in [-0.2, 0) is 0 Å². The molecule has 2 N–H and O–H groups in total. The molecule has 18 heavy (non-hydrogen) atoms. The van der Waals surface area contributed by atoms with Gasteiger partial charge in [0, 0.05) is 0 Å². The summed E-state index contributed by atoms with van der Waals surface area (Å²) in [5.74, 6) is 0. The van der Waals surface area contributed by atoms with E-state index in [9.17, 15) is 5.11 Å². The van der Waals surface area contributed by atoms with E-state index in [1.807, 2.05) is 18.2 Å². The zero-order valence-electron chi connectivity index (χ0n) is 11.0. The van der Waals surface area contributed by atoms with Crippen molar-refractivity contribution in [2.75, 3.05) is 32.8 Å². The van der Waals surface area contributed by atoms with Gasteiger partial charge in [0.15, 0.2) is 0 Å². The Morgan fingerprint density at radius 1 is 1.17 bits per heavy atom. The van der Waals surface area contributed by atoms with Crippen LogP contribution in [0.1, 0.15) is 30.9 Å². The normalized spacial score (nSPS) is 18.1. The molecule has 3 heteroatoms. The number of benzene rings is 1. The number of likely N-dealkylation sites (tertiary alicyclic amines) is 1. The number of nitrogens with zero attached hydrogens (tertiary/aromatic N) is 1. The topological polar surface area (TPSA) is 35.5 Å². The van der Waals surface area contributed by atoms with Crippen molar-refractivity contribution in [3.8, 4) is 0 Å². The highest BCUT2D eigenvalue weighted by Crippen LogP contribution is 2.12. The molecule has 0 saturated carbocycles. The highest BCUT2D eigenvalue weighted by atomic mass is 16.3. The van der Waals surface area contributed by atoms with Crippen molar-refractivity contribution in [3.63, 3.8) is 0 Å². The van der Waals surface area contributed by atoms with Gasteiger partial charge >= 0.3 is 0 Å². The van der Waals surface area contributed by atoms with Crippen LogP contribution in [-0.4, -0.2) is 42.8 Å². The third-order valence-corrected chi connectivity index (χ3v) is 3.63. The molecule has 0 amide bonds. The molecule has 1 heterocycles. The molecular formula is C15H24N2O. The Hall–Kier alpha value is -0.900. The van der Waals surface area contributed by atoms with Gasteiger partial charge in [-0.05, 0) is 51.0 Å². The van der Waals surface area contributed by atoms with Gasteiger partial charge in [-0.1, -0.05) is 30.3 Å². The van der Waals surface area contributed by atoms with Crippen LogP contribution in [0.15, 0.2) is 30.3 Å². The van der Waals surface area contributed by atoms with Gasteiger partial charge in [0.1, 0.15) is 0 Å². The van der Waals surface area contributed by atoms with Gasteiger partial charge < -0.3 is 15.3 Å². The molecular weight excluding hydrogens is 224 g/mol. The monoisotopic (exact) mass is 248 g/mol. The van der Waals surface area contributed by atoms with Crippen molar-refractivity contribution in [2.24, 2.45) is 0 Å². The summed E-state index contributed by atoms with van der Waals surface area (Å²) in [5.41, 5.74) is 1.17. The summed E-state index contributed by atoms with van der Waals surface area (Å²) in [5, 5.41) is 12.9. The maximum absolute atomic E-state index is 9.42. The van der Waals surface area contributed by atoms with Crippen molar-refractivity contribution in [1.29, 1.82) is 0 Å². The lowest BCUT2D eigenvalue weighted by molar-refractivity contribution is 0.241. The highest BCUT2D eigenvalue weighted by molar-refractivity contribution is 5.18. The lowest BCUT2D eigenvalue weighted by atomic mass is 10.1. The van der Waals surface area contributed by atoms with Crippen LogP contribution in [0.4, 0.5) is 0 Å². The van der Waals surface area contributed by atoms with E-state index in [0.29, 0.717) is 0 Å². The summed E-state index contributed by atoms with van der Waals surface area (Å²) in [6, 6.07) is 10.2. The molecule has 0 spiro atoms. The second kappa shape index (κ2) is 7.52. The van der Waals surface area contributed by atoms with E-state index in [1.165, 1.54) is 38.0 Å². The molecule has 1 aliphatic heterocycles. The molecule has 1 aromatic carbocycles. The zero-order valence-corrected chi connectivity index (χ0v) is 11.0. The SMILES string of the molecule is OCC(NCCCN1CCCC1)c1ccccc1. The number of aliphatic hydroxyl groups excluding tert-OH is 1. The van der Waals surface area contributed by atoms with Gasteiger partial charge in [0.25, 0.3) is 0 Å². The van der Waals surface area contributed by atoms with E-state index in [1.54, 1.807) is 0 Å². The second-order valence-corrected chi connectivity index (χ2v) is 5.00. The Morgan fingerprint density at radius 3 is 2.56 bits per heavy atom. The quantitative estimate of drug-likeness (QED) is 0.722. The molecule has 0 radical (unpaired) electrons. The smallest absolute Gasteiger partial charge is 0.0626 e. The van der Waals surface area contributed by atoms with Crippen LogP contribution in [0.5, 0.6) is 0 Å². The molecule has 1 aromatic rings. The maximum Gasteiger partial charge on any atom is 0.0626 e. The predicted molar refractivity (Wildman–Crippen MR) is 74.6 cm³/mol. The Bertz CT molecular complexity index is 323. The van der Waals surface area contributed by atoms with Crippen LogP contribution >= 0.6 is 0 Å². The Kier molecular flexibility index (Phi) is 5.65. The standard InChI is InChI=1S/C15H24N2O/c18-13-15(14-7-2-1-3-8-14)16-9-6-12-17-10-4-5-11-17/h1-3,7-8,15-16,18H,4-6,9-13H2. The summed E-state index contributed by atoms with van der Waals surface area (Å²) in [4.78, 5) is 2.53. The molecule has 1 unspecified atom stereocenters. The van der Waals surface area contributed by atoms with E-state index >= 15 is 0 Å². The average Bonchev–Trinajstić information content (AvgIpc) is 2.93. The van der Waals surface area contributed by atoms with Crippen molar-refractivity contribution in [1.82, 2.24) is 10.2 Å². The fourth-order valence-electron chi connectivity index (χ4n) is 2.56. The zero-order chi connectivity index (χ0) is 12.6. The molecule has 3 nitrogen and oxygen atoms in total. The third-order valence-electron chi connectivity index (χ3n) is 3.63. The summed E-state index contributed by atoms with van der Waals surface area (Å²) < 4.78 is 0. The van der Waals surface area contributed by atoms with E-state index in [4.69, 9.17) is 0 Å². The van der Waals surface area contributed by atoms with Gasteiger partial charge in [-0.25, -0.2) is 0 Å². The Balaban J connectivity index is 1.67. The van der Waals surface area contributed by atoms with Gasteiger partial charge in [-0.15, -0.1) is 0 Å². The number of hydrogen-bond donors (Lipinski definition) is 2. The van der Waals surface area contributed by atoms with Crippen molar-refractivity contribution < 1.29 is 5.11 Å². The summed E-state index contributed by atoms with van der Waals surface area (Å²) in [6.07, 6.45) is 3.87. The van der Waals surface area contributed by atoms with Gasteiger partial charge in [-0.3, -0.25) is 0 Å². The van der Waals surface area contributed by atoms with Crippen LogP contribution in [0.3, 0.4) is 0 Å². The first-order valence-corrected chi connectivity index (χ1v) is 7.01. The number of aliphatic hydroxyl groups is 1.